The largest absolute Gasteiger partial charge is 0.466 e. The van der Waals surface area contributed by atoms with E-state index in [1.54, 1.807) is 41.8 Å². The maximum atomic E-state index is 13.5. The lowest BCUT2D eigenvalue weighted by Crippen LogP contribution is -2.33. The molecule has 1 aromatic carbocycles. The van der Waals surface area contributed by atoms with Crippen molar-refractivity contribution in [3.63, 3.8) is 0 Å². The lowest BCUT2D eigenvalue weighted by atomic mass is 9.92. The fourth-order valence-electron chi connectivity index (χ4n) is 5.25. The third-order valence-electron chi connectivity index (χ3n) is 7.99. The van der Waals surface area contributed by atoms with Crippen molar-refractivity contribution in [3.8, 4) is 0 Å². The molecule has 1 atom stereocenters. The summed E-state index contributed by atoms with van der Waals surface area (Å²) in [5.74, 6) is -1.45. The number of hydrogen-bond acceptors (Lipinski definition) is 8. The number of esters is 1. The summed E-state index contributed by atoms with van der Waals surface area (Å²) >= 11 is 1.26. The third kappa shape index (κ3) is 13.1. The van der Waals surface area contributed by atoms with Gasteiger partial charge in [0.15, 0.2) is 5.16 Å². The molecule has 10 nitrogen and oxygen atoms in total. The van der Waals surface area contributed by atoms with Crippen LogP contribution in [0.15, 0.2) is 57.6 Å². The van der Waals surface area contributed by atoms with Crippen LogP contribution < -0.4 is 11.2 Å². The van der Waals surface area contributed by atoms with Crippen LogP contribution in [0.2, 0.25) is 0 Å². The zero-order valence-corrected chi connectivity index (χ0v) is 28.7. The lowest BCUT2D eigenvalue weighted by Gasteiger charge is -2.21. The first-order valence-electron chi connectivity index (χ1n) is 16.6. The highest BCUT2D eigenvalue weighted by atomic mass is 32.2. The molecule has 0 bridgehead atoms. The van der Waals surface area contributed by atoms with Gasteiger partial charge < -0.3 is 19.2 Å². The number of nitrogens with zero attached hydrogens (tertiary/aromatic N) is 4. The fourth-order valence-corrected chi connectivity index (χ4v) is 6.17. The van der Waals surface area contributed by atoms with Crippen LogP contribution in [0.25, 0.3) is 0 Å². The van der Waals surface area contributed by atoms with Crippen molar-refractivity contribution in [1.29, 1.82) is 0 Å². The van der Waals surface area contributed by atoms with Crippen LogP contribution in [0.5, 0.6) is 0 Å². The Balaban J connectivity index is 1.78. The number of unbranched alkanes of at least 4 members (excludes halogenated alkanes) is 9. The summed E-state index contributed by atoms with van der Waals surface area (Å²) in [6.45, 7) is 4.62. The van der Waals surface area contributed by atoms with Gasteiger partial charge in [0.2, 0.25) is 5.91 Å². The Hall–Kier alpha value is -3.80. The number of carbonyl (C=O) groups excluding carboxylic acids is 2. The molecule has 0 aliphatic rings. The van der Waals surface area contributed by atoms with Crippen LogP contribution in [0.3, 0.4) is 0 Å². The van der Waals surface area contributed by atoms with Crippen molar-refractivity contribution in [3.05, 3.63) is 86.2 Å². The SMILES string of the molecule is CCCCCCCCCCCCN(C)C(=O)Cn1cc(C(CC(=O)OCC)c2cnc(=O)[nH]c2)c(=O)nc1SCc1ccc(F)cc1. The number of benzene rings is 1. The summed E-state index contributed by atoms with van der Waals surface area (Å²) in [4.78, 5) is 63.4. The minimum atomic E-state index is -0.819. The van der Waals surface area contributed by atoms with Gasteiger partial charge in [-0.1, -0.05) is 88.6 Å². The average molecular weight is 670 g/mol. The number of halogens is 1. The van der Waals surface area contributed by atoms with E-state index in [4.69, 9.17) is 4.74 Å². The number of aromatic nitrogens is 4. The second-order valence-electron chi connectivity index (χ2n) is 11.7. The second kappa shape index (κ2) is 20.4. The number of H-pyrrole nitrogens is 1. The van der Waals surface area contributed by atoms with Crippen LogP contribution >= 0.6 is 11.8 Å². The molecule has 0 radical (unpaired) electrons. The number of thioether (sulfide) groups is 1. The molecule has 0 spiro atoms. The van der Waals surface area contributed by atoms with Crippen molar-refractivity contribution in [1.82, 2.24) is 24.4 Å². The number of nitrogens with one attached hydrogen (secondary N) is 1. The van der Waals surface area contributed by atoms with E-state index in [0.29, 0.717) is 23.0 Å². The topological polar surface area (TPSA) is 127 Å². The number of ether oxygens (including phenoxy) is 1. The number of rotatable bonds is 21. The molecule has 3 aromatic rings. The number of carbonyl (C=O) groups is 2. The van der Waals surface area contributed by atoms with Gasteiger partial charge in [0.05, 0.1) is 13.0 Å². The van der Waals surface area contributed by atoms with Gasteiger partial charge >= 0.3 is 11.7 Å². The summed E-state index contributed by atoms with van der Waals surface area (Å²) in [6, 6.07) is 6.04. The first-order valence-corrected chi connectivity index (χ1v) is 17.6. The molecule has 2 aromatic heterocycles. The number of amides is 1. The molecule has 1 unspecified atom stereocenters. The van der Waals surface area contributed by atoms with Crippen molar-refractivity contribution in [2.24, 2.45) is 0 Å². The molecule has 0 aliphatic heterocycles. The molecule has 2 heterocycles. The first-order chi connectivity index (χ1) is 22.7. The predicted molar refractivity (Wildman–Crippen MR) is 182 cm³/mol. The fraction of sp³-hybridized carbons (Fsp3) is 0.543. The minimum Gasteiger partial charge on any atom is -0.466 e. The molecule has 1 amide bonds. The Kier molecular flexibility index (Phi) is 16.4. The van der Waals surface area contributed by atoms with E-state index in [9.17, 15) is 23.6 Å². The third-order valence-corrected chi connectivity index (χ3v) is 9.05. The molecular formula is C35H48FN5O5S. The van der Waals surface area contributed by atoms with E-state index in [2.05, 4.69) is 21.9 Å². The Labute approximate surface area is 280 Å². The zero-order chi connectivity index (χ0) is 34.0. The Morgan fingerprint density at radius 3 is 2.28 bits per heavy atom. The Morgan fingerprint density at radius 2 is 1.66 bits per heavy atom. The number of likely N-dealkylation sites (N-methyl/N-ethyl adjacent to an activating group) is 1. The first kappa shape index (κ1) is 37.7. The molecule has 256 valence electrons. The Morgan fingerprint density at radius 1 is 1.00 bits per heavy atom. The van der Waals surface area contributed by atoms with Crippen molar-refractivity contribution in [2.45, 2.75) is 108 Å². The van der Waals surface area contributed by atoms with E-state index >= 15 is 0 Å². The van der Waals surface area contributed by atoms with Crippen LogP contribution in [-0.4, -0.2) is 56.5 Å². The highest BCUT2D eigenvalue weighted by molar-refractivity contribution is 7.98. The van der Waals surface area contributed by atoms with Crippen LogP contribution in [-0.2, 0) is 26.6 Å². The molecule has 0 saturated heterocycles. The maximum Gasteiger partial charge on any atom is 0.344 e. The summed E-state index contributed by atoms with van der Waals surface area (Å²) in [6.07, 6.45) is 16.1. The highest BCUT2D eigenvalue weighted by Gasteiger charge is 2.25. The zero-order valence-electron chi connectivity index (χ0n) is 27.8. The van der Waals surface area contributed by atoms with Crippen molar-refractivity contribution >= 4 is 23.6 Å². The lowest BCUT2D eigenvalue weighted by molar-refractivity contribution is -0.143. The van der Waals surface area contributed by atoms with Gasteiger partial charge in [-0.25, -0.2) is 14.2 Å². The predicted octanol–water partition coefficient (Wildman–Crippen LogP) is 6.22. The summed E-state index contributed by atoms with van der Waals surface area (Å²) in [5, 5.41) is 0.318. The summed E-state index contributed by atoms with van der Waals surface area (Å²) < 4.78 is 20.2. The van der Waals surface area contributed by atoms with E-state index in [1.165, 1.54) is 81.2 Å². The van der Waals surface area contributed by atoms with Crippen LogP contribution in [0.1, 0.15) is 107 Å². The normalized spacial score (nSPS) is 11.7. The summed E-state index contributed by atoms with van der Waals surface area (Å²) in [7, 11) is 1.77. The van der Waals surface area contributed by atoms with Gasteiger partial charge in [0.25, 0.3) is 5.56 Å². The van der Waals surface area contributed by atoms with Gasteiger partial charge in [-0.2, -0.15) is 4.98 Å². The smallest absolute Gasteiger partial charge is 0.344 e. The van der Waals surface area contributed by atoms with Gasteiger partial charge in [-0.15, -0.1) is 0 Å². The molecule has 1 N–H and O–H groups in total. The summed E-state index contributed by atoms with van der Waals surface area (Å²) in [5.41, 5.74) is 0.282. The van der Waals surface area contributed by atoms with E-state index in [-0.39, 0.29) is 36.9 Å². The van der Waals surface area contributed by atoms with Gasteiger partial charge in [-0.3, -0.25) is 14.4 Å². The average Bonchev–Trinajstić information content (AvgIpc) is 3.05. The molecule has 0 saturated carbocycles. The molecule has 12 heteroatoms. The van der Waals surface area contributed by atoms with Crippen LogP contribution in [0.4, 0.5) is 4.39 Å². The molecular weight excluding hydrogens is 621 g/mol. The van der Waals surface area contributed by atoms with Crippen molar-refractivity contribution in [2.75, 3.05) is 20.2 Å². The molecule has 3 rings (SSSR count). The monoisotopic (exact) mass is 669 g/mol. The quantitative estimate of drug-likeness (QED) is 0.0613. The van der Waals surface area contributed by atoms with Crippen LogP contribution in [0, 0.1) is 5.82 Å². The molecule has 0 aliphatic carbocycles. The molecule has 0 fully saturated rings. The van der Waals surface area contributed by atoms with E-state index < -0.39 is 23.1 Å². The van der Waals surface area contributed by atoms with Gasteiger partial charge in [-0.05, 0) is 36.6 Å². The minimum absolute atomic E-state index is 0.0731. The highest BCUT2D eigenvalue weighted by Crippen LogP contribution is 2.27. The van der Waals surface area contributed by atoms with E-state index in [0.717, 1.165) is 24.8 Å². The number of hydrogen-bond donors (Lipinski definition) is 1. The van der Waals surface area contributed by atoms with Gasteiger partial charge in [0, 0.05) is 49.4 Å². The van der Waals surface area contributed by atoms with Gasteiger partial charge in [0.1, 0.15) is 12.4 Å². The standard InChI is InChI=1S/C35H48FN5O5S/c1-4-6-7-8-9-10-11-12-13-14-19-40(3)31(42)24-41-23-30(29(20-32(43)46-5-2)27-21-37-34(45)38-22-27)33(44)39-35(41)47-25-26-15-17-28(36)18-16-26/h15-18,21-23,29H,4-14,19-20,24-25H2,1-3H3,(H,37,38,45). The van der Waals surface area contributed by atoms with E-state index in [1.807, 2.05) is 0 Å². The second-order valence-corrected chi connectivity index (χ2v) is 12.7. The maximum absolute atomic E-state index is 13.5. The van der Waals surface area contributed by atoms with Crippen molar-refractivity contribution < 1.29 is 18.7 Å². The Bertz CT molecular complexity index is 1510. The molecule has 47 heavy (non-hydrogen) atoms. The number of aromatic amines is 1.